The minimum atomic E-state index is -0.216. The van der Waals surface area contributed by atoms with Crippen LogP contribution in [-0.2, 0) is 17.9 Å². The van der Waals surface area contributed by atoms with Crippen molar-refractivity contribution < 1.29 is 4.79 Å². The minimum Gasteiger partial charge on any atom is -0.311 e. The van der Waals surface area contributed by atoms with Gasteiger partial charge in [0.2, 0.25) is 5.91 Å². The summed E-state index contributed by atoms with van der Waals surface area (Å²) in [6, 6.07) is 14.7. The molecule has 0 saturated heterocycles. The maximum Gasteiger partial charge on any atom is 0.261 e. The van der Waals surface area contributed by atoms with E-state index >= 15 is 0 Å². The largest absolute Gasteiger partial charge is 0.311 e. The molecule has 0 radical (unpaired) electrons. The summed E-state index contributed by atoms with van der Waals surface area (Å²) in [5, 5.41) is 8.30. The number of rotatable bonds is 6. The number of carbonyl (C=O) groups is 1. The van der Waals surface area contributed by atoms with E-state index in [9.17, 15) is 9.59 Å². The number of hydrogen-bond acceptors (Lipinski definition) is 4. The molecule has 2 aromatic heterocycles. The van der Waals surface area contributed by atoms with Gasteiger partial charge in [-0.2, -0.15) is 5.10 Å². The highest BCUT2D eigenvalue weighted by Gasteiger charge is 2.11. The van der Waals surface area contributed by atoms with Gasteiger partial charge >= 0.3 is 0 Å². The number of carbonyl (C=O) groups excluding carboxylic acids is 1. The molecule has 0 fully saturated rings. The van der Waals surface area contributed by atoms with Crippen molar-refractivity contribution in [2.75, 3.05) is 5.32 Å². The van der Waals surface area contributed by atoms with E-state index in [1.54, 1.807) is 23.0 Å². The number of amides is 1. The van der Waals surface area contributed by atoms with Gasteiger partial charge in [0, 0.05) is 24.1 Å². The second kappa shape index (κ2) is 8.51. The topological polar surface area (TPSA) is 81.8 Å². The Morgan fingerprint density at radius 3 is 2.80 bits per heavy atom. The van der Waals surface area contributed by atoms with Gasteiger partial charge in [-0.25, -0.2) is 9.67 Å². The number of fused-ring (bicyclic) bond motifs is 1. The van der Waals surface area contributed by atoms with Crippen LogP contribution in [0.5, 0.6) is 0 Å². The second-order valence-electron chi connectivity index (χ2n) is 6.98. The first-order chi connectivity index (χ1) is 14.5. The van der Waals surface area contributed by atoms with Crippen LogP contribution < -0.4 is 10.9 Å². The number of anilines is 1. The van der Waals surface area contributed by atoms with Crippen molar-refractivity contribution in [1.82, 2.24) is 19.3 Å². The van der Waals surface area contributed by atoms with Crippen molar-refractivity contribution >= 4 is 34.2 Å². The lowest BCUT2D eigenvalue weighted by molar-refractivity contribution is -0.116. The van der Waals surface area contributed by atoms with Crippen molar-refractivity contribution in [2.45, 2.75) is 26.4 Å². The molecule has 0 atom stereocenters. The van der Waals surface area contributed by atoms with Crippen LogP contribution in [-0.4, -0.2) is 25.2 Å². The first kappa shape index (κ1) is 19.8. The molecule has 0 aliphatic carbocycles. The van der Waals surface area contributed by atoms with Crippen LogP contribution in [0.25, 0.3) is 10.9 Å². The van der Waals surface area contributed by atoms with E-state index in [1.165, 1.54) is 10.9 Å². The number of benzene rings is 2. The van der Waals surface area contributed by atoms with Crippen LogP contribution in [0.3, 0.4) is 0 Å². The molecule has 7 nitrogen and oxygen atoms in total. The zero-order valence-electron chi connectivity index (χ0n) is 16.4. The average molecular weight is 422 g/mol. The third-order valence-electron chi connectivity index (χ3n) is 4.90. The molecule has 0 saturated carbocycles. The maximum absolute atomic E-state index is 12.7. The monoisotopic (exact) mass is 421 g/mol. The fourth-order valence-electron chi connectivity index (χ4n) is 3.28. The number of para-hydroxylation sites is 1. The van der Waals surface area contributed by atoms with Crippen molar-refractivity contribution in [2.24, 2.45) is 0 Å². The van der Waals surface area contributed by atoms with Crippen molar-refractivity contribution in [3.8, 4) is 0 Å². The third-order valence-corrected chi connectivity index (χ3v) is 5.27. The van der Waals surface area contributed by atoms with Gasteiger partial charge in [-0.3, -0.25) is 14.2 Å². The number of halogens is 1. The van der Waals surface area contributed by atoms with Crippen LogP contribution in [0.4, 0.5) is 5.82 Å². The van der Waals surface area contributed by atoms with Crippen LogP contribution in [0.1, 0.15) is 17.5 Å². The fourth-order valence-corrected chi connectivity index (χ4v) is 3.47. The lowest BCUT2D eigenvalue weighted by Crippen LogP contribution is -2.24. The Balaban J connectivity index is 1.44. The summed E-state index contributed by atoms with van der Waals surface area (Å²) in [6.07, 6.45) is 3.25. The van der Waals surface area contributed by atoms with Crippen molar-refractivity contribution in [3.05, 3.63) is 87.6 Å². The van der Waals surface area contributed by atoms with Crippen LogP contribution in [0.15, 0.2) is 65.8 Å². The standard InChI is InChI=1S/C22H20ClN5O2/c1-15-5-4-7-17-21(15)24-14-27(22(17)30)12-10-20(29)26-19-9-11-25-28(19)13-16-6-2-3-8-18(16)23/h2-9,11,14H,10,12-13H2,1H3,(H,26,29). The average Bonchev–Trinajstić information content (AvgIpc) is 3.16. The van der Waals surface area contributed by atoms with Gasteiger partial charge in [-0.15, -0.1) is 0 Å². The maximum atomic E-state index is 12.7. The molecular weight excluding hydrogens is 402 g/mol. The summed E-state index contributed by atoms with van der Waals surface area (Å²) in [5.74, 6) is 0.353. The minimum absolute atomic E-state index is 0.135. The van der Waals surface area contributed by atoms with Crippen molar-refractivity contribution in [3.63, 3.8) is 0 Å². The van der Waals surface area contributed by atoms with Crippen LogP contribution in [0.2, 0.25) is 5.02 Å². The zero-order chi connectivity index (χ0) is 21.1. The second-order valence-corrected chi connectivity index (χ2v) is 7.39. The number of aryl methyl sites for hydroxylation is 2. The highest BCUT2D eigenvalue weighted by molar-refractivity contribution is 6.31. The number of aromatic nitrogens is 4. The number of nitrogens with one attached hydrogen (secondary N) is 1. The molecule has 2 heterocycles. The van der Waals surface area contributed by atoms with Gasteiger partial charge in [0.05, 0.1) is 30.0 Å². The molecule has 30 heavy (non-hydrogen) atoms. The molecule has 4 aromatic rings. The molecule has 1 N–H and O–H groups in total. The lowest BCUT2D eigenvalue weighted by atomic mass is 10.1. The molecule has 0 aliphatic rings. The van der Waals surface area contributed by atoms with Gasteiger partial charge in [0.1, 0.15) is 5.82 Å². The van der Waals surface area contributed by atoms with Crippen LogP contribution >= 0.6 is 11.6 Å². The SMILES string of the molecule is Cc1cccc2c(=O)n(CCC(=O)Nc3ccnn3Cc3ccccc3Cl)cnc12. The van der Waals surface area contributed by atoms with Gasteiger partial charge in [0.15, 0.2) is 0 Å². The Hall–Kier alpha value is -3.45. The van der Waals surface area contributed by atoms with Gasteiger partial charge < -0.3 is 5.32 Å². The number of hydrogen-bond donors (Lipinski definition) is 1. The molecule has 8 heteroatoms. The third kappa shape index (κ3) is 4.11. The highest BCUT2D eigenvalue weighted by Crippen LogP contribution is 2.18. The van der Waals surface area contributed by atoms with E-state index in [1.807, 2.05) is 43.3 Å². The quantitative estimate of drug-likeness (QED) is 0.515. The molecule has 2 aromatic carbocycles. The Kier molecular flexibility index (Phi) is 5.63. The summed E-state index contributed by atoms with van der Waals surface area (Å²) in [5.41, 5.74) is 2.38. The van der Waals surface area contributed by atoms with Crippen molar-refractivity contribution in [1.29, 1.82) is 0 Å². The van der Waals surface area contributed by atoms with E-state index < -0.39 is 0 Å². The molecule has 0 bridgehead atoms. The number of nitrogens with zero attached hydrogens (tertiary/aromatic N) is 4. The predicted molar refractivity (Wildman–Crippen MR) is 117 cm³/mol. The summed E-state index contributed by atoms with van der Waals surface area (Å²) in [7, 11) is 0. The fraction of sp³-hybridized carbons (Fsp3) is 0.182. The summed E-state index contributed by atoms with van der Waals surface area (Å²) < 4.78 is 3.13. The smallest absolute Gasteiger partial charge is 0.261 e. The summed E-state index contributed by atoms with van der Waals surface area (Å²) in [4.78, 5) is 29.5. The van der Waals surface area contributed by atoms with E-state index in [0.717, 1.165) is 11.1 Å². The van der Waals surface area contributed by atoms with E-state index in [0.29, 0.717) is 28.3 Å². The van der Waals surface area contributed by atoms with Gasteiger partial charge in [0.25, 0.3) is 5.56 Å². The molecule has 152 valence electrons. The first-order valence-corrected chi connectivity index (χ1v) is 9.90. The van der Waals surface area contributed by atoms with Gasteiger partial charge in [-0.1, -0.05) is 41.9 Å². The zero-order valence-corrected chi connectivity index (χ0v) is 17.1. The molecule has 4 rings (SSSR count). The Morgan fingerprint density at radius 2 is 1.97 bits per heavy atom. The summed E-state index contributed by atoms with van der Waals surface area (Å²) in [6.45, 7) is 2.59. The van der Waals surface area contributed by atoms with E-state index in [2.05, 4.69) is 15.4 Å². The Morgan fingerprint density at radius 1 is 1.13 bits per heavy atom. The van der Waals surface area contributed by atoms with E-state index in [-0.39, 0.29) is 24.4 Å². The van der Waals surface area contributed by atoms with Gasteiger partial charge in [-0.05, 0) is 30.2 Å². The van der Waals surface area contributed by atoms with E-state index in [4.69, 9.17) is 11.6 Å². The first-order valence-electron chi connectivity index (χ1n) is 9.53. The molecule has 0 aliphatic heterocycles. The predicted octanol–water partition coefficient (Wildman–Crippen LogP) is 3.63. The van der Waals surface area contributed by atoms with Crippen LogP contribution in [0, 0.1) is 6.92 Å². The molecule has 0 unspecified atom stereocenters. The normalized spacial score (nSPS) is 11.0. The Labute approximate surface area is 177 Å². The molecule has 1 amide bonds. The molecule has 0 spiro atoms. The summed E-state index contributed by atoms with van der Waals surface area (Å²) >= 11 is 6.22. The lowest BCUT2D eigenvalue weighted by Gasteiger charge is -2.11. The molecular formula is C22H20ClN5O2. The highest BCUT2D eigenvalue weighted by atomic mass is 35.5. The Bertz CT molecular complexity index is 1280.